The van der Waals surface area contributed by atoms with Gasteiger partial charge >= 0.3 is 0 Å². The van der Waals surface area contributed by atoms with Crippen LogP contribution in [0.3, 0.4) is 0 Å². The lowest BCUT2D eigenvalue weighted by Gasteiger charge is -2.06. The second-order valence-corrected chi connectivity index (χ2v) is 6.60. The van der Waals surface area contributed by atoms with Crippen molar-refractivity contribution in [3.05, 3.63) is 18.3 Å². The highest BCUT2D eigenvalue weighted by Gasteiger charge is 2.26. The molecule has 0 atom stereocenters. The van der Waals surface area contributed by atoms with Crippen molar-refractivity contribution in [2.24, 2.45) is 0 Å². The van der Waals surface area contributed by atoms with Gasteiger partial charge in [0.05, 0.1) is 0 Å². The largest absolute Gasteiger partial charge is 0.380 e. The number of sulfone groups is 2. The molecule has 0 unspecified atom stereocenters. The fourth-order valence-electron chi connectivity index (χ4n) is 0.977. The zero-order valence-corrected chi connectivity index (χ0v) is 9.57. The van der Waals surface area contributed by atoms with Crippen LogP contribution in [0.2, 0.25) is 0 Å². The third-order valence-corrected chi connectivity index (χ3v) is 4.43. The molecule has 1 aromatic rings. The van der Waals surface area contributed by atoms with Gasteiger partial charge in [-0.05, 0) is 12.1 Å². The van der Waals surface area contributed by atoms with Crippen molar-refractivity contribution >= 4 is 19.7 Å². The predicted molar refractivity (Wildman–Crippen MR) is 52.8 cm³/mol. The molecular formula is C7H9NO6S2. The Kier molecular flexibility index (Phi) is 3.63. The quantitative estimate of drug-likeness (QED) is 0.682. The molecule has 0 aliphatic heterocycles. The van der Waals surface area contributed by atoms with E-state index >= 15 is 0 Å². The van der Waals surface area contributed by atoms with Gasteiger partial charge in [-0.25, -0.2) is 21.8 Å². The van der Waals surface area contributed by atoms with E-state index < -0.39 is 41.5 Å². The van der Waals surface area contributed by atoms with Crippen molar-refractivity contribution in [2.75, 3.05) is 11.9 Å². The summed E-state index contributed by atoms with van der Waals surface area (Å²) < 4.78 is 45.3. The summed E-state index contributed by atoms with van der Waals surface area (Å²) in [6.07, 6.45) is 1.08. The van der Waals surface area contributed by atoms with Gasteiger partial charge in [0, 0.05) is 6.20 Å². The third-order valence-electron chi connectivity index (χ3n) is 1.71. The van der Waals surface area contributed by atoms with Gasteiger partial charge in [-0.1, -0.05) is 0 Å². The summed E-state index contributed by atoms with van der Waals surface area (Å²) in [6, 6.07) is 2.22. The van der Waals surface area contributed by atoms with E-state index in [1.54, 1.807) is 0 Å². The molecule has 16 heavy (non-hydrogen) atoms. The van der Waals surface area contributed by atoms with Gasteiger partial charge < -0.3 is 10.2 Å². The molecule has 1 heterocycles. The highest BCUT2D eigenvalue weighted by atomic mass is 32.2. The van der Waals surface area contributed by atoms with Crippen LogP contribution >= 0.6 is 0 Å². The van der Waals surface area contributed by atoms with E-state index in [0.717, 1.165) is 12.3 Å². The normalized spacial score (nSPS) is 12.6. The van der Waals surface area contributed by atoms with Crippen LogP contribution in [0.5, 0.6) is 0 Å². The van der Waals surface area contributed by atoms with E-state index in [-0.39, 0.29) is 0 Å². The minimum atomic E-state index is -4.17. The van der Waals surface area contributed by atoms with Crippen molar-refractivity contribution in [2.45, 2.75) is 9.92 Å². The minimum Gasteiger partial charge on any atom is -0.380 e. The zero-order chi connectivity index (χ0) is 12.4. The Hall–Kier alpha value is -1.03. The topological polar surface area (TPSA) is 122 Å². The average Bonchev–Trinajstić information content (AvgIpc) is 2.29. The second-order valence-electron chi connectivity index (χ2n) is 2.79. The molecule has 0 aromatic carbocycles. The van der Waals surface area contributed by atoms with Gasteiger partial charge in [0.2, 0.25) is 19.7 Å². The SMILES string of the molecule is O=S(=O)(CO)c1cccnc1S(=O)(=O)CO. The molecule has 7 nitrogen and oxygen atoms in total. The van der Waals surface area contributed by atoms with E-state index in [4.69, 9.17) is 10.2 Å². The summed E-state index contributed by atoms with van der Waals surface area (Å²) in [6.45, 7) is 0. The molecule has 0 saturated carbocycles. The molecule has 0 bridgehead atoms. The van der Waals surface area contributed by atoms with Crippen LogP contribution in [0.1, 0.15) is 0 Å². The number of aliphatic hydroxyl groups is 2. The van der Waals surface area contributed by atoms with E-state index in [0.29, 0.717) is 0 Å². The van der Waals surface area contributed by atoms with Gasteiger partial charge in [0.25, 0.3) is 0 Å². The summed E-state index contributed by atoms with van der Waals surface area (Å²) in [7, 11) is -8.29. The Bertz CT molecular complexity index is 524. The highest BCUT2D eigenvalue weighted by molar-refractivity contribution is 7.94. The van der Waals surface area contributed by atoms with Crippen molar-refractivity contribution in [1.82, 2.24) is 4.98 Å². The maximum Gasteiger partial charge on any atom is 0.220 e. The molecule has 2 N–H and O–H groups in total. The standard InChI is InChI=1S/C7H9NO6S2/c9-4-15(11,12)6-2-1-3-8-7(6)16(13,14)5-10/h1-3,9-10H,4-5H2. The molecular weight excluding hydrogens is 258 g/mol. The number of hydrogen-bond donors (Lipinski definition) is 2. The van der Waals surface area contributed by atoms with Crippen LogP contribution in [0, 0.1) is 0 Å². The molecule has 9 heteroatoms. The van der Waals surface area contributed by atoms with Gasteiger partial charge in [0.15, 0.2) is 11.0 Å². The first-order chi connectivity index (χ1) is 7.35. The van der Waals surface area contributed by atoms with Crippen molar-refractivity contribution in [1.29, 1.82) is 0 Å². The number of pyridine rings is 1. The van der Waals surface area contributed by atoms with Crippen LogP contribution in [0.15, 0.2) is 28.3 Å². The van der Waals surface area contributed by atoms with Crippen molar-refractivity contribution in [3.63, 3.8) is 0 Å². The fraction of sp³-hybridized carbons (Fsp3) is 0.286. The summed E-state index contributed by atoms with van der Waals surface area (Å²) in [5.41, 5.74) is 0. The lowest BCUT2D eigenvalue weighted by atomic mass is 10.5. The minimum absolute atomic E-state index is 0.619. The summed E-state index contributed by atoms with van der Waals surface area (Å²) >= 11 is 0. The fourth-order valence-corrected chi connectivity index (χ4v) is 3.20. The Morgan fingerprint density at radius 1 is 1.06 bits per heavy atom. The third kappa shape index (κ3) is 2.38. The van der Waals surface area contributed by atoms with Crippen LogP contribution in [-0.4, -0.2) is 43.9 Å². The average molecular weight is 267 g/mol. The van der Waals surface area contributed by atoms with Gasteiger partial charge in [0.1, 0.15) is 10.8 Å². The lowest BCUT2D eigenvalue weighted by molar-refractivity contribution is 0.355. The molecule has 1 rings (SSSR count). The van der Waals surface area contributed by atoms with E-state index in [1.807, 2.05) is 0 Å². The summed E-state index contributed by atoms with van der Waals surface area (Å²) in [5.74, 6) is -2.48. The van der Waals surface area contributed by atoms with Crippen LogP contribution < -0.4 is 0 Å². The Morgan fingerprint density at radius 3 is 2.12 bits per heavy atom. The first-order valence-electron chi connectivity index (χ1n) is 3.97. The van der Waals surface area contributed by atoms with Crippen LogP contribution in [-0.2, 0) is 19.7 Å². The first kappa shape index (κ1) is 13.0. The van der Waals surface area contributed by atoms with E-state index in [9.17, 15) is 16.8 Å². The second kappa shape index (κ2) is 4.45. The maximum absolute atomic E-state index is 11.3. The first-order valence-corrected chi connectivity index (χ1v) is 7.28. The monoisotopic (exact) mass is 267 g/mol. The zero-order valence-electron chi connectivity index (χ0n) is 7.94. The maximum atomic E-state index is 11.3. The number of nitrogens with zero attached hydrogens (tertiary/aromatic N) is 1. The molecule has 90 valence electrons. The Labute approximate surface area is 92.2 Å². The van der Waals surface area contributed by atoms with Crippen molar-refractivity contribution in [3.8, 4) is 0 Å². The van der Waals surface area contributed by atoms with Gasteiger partial charge in [-0.15, -0.1) is 0 Å². The Balaban J connectivity index is 3.57. The van der Waals surface area contributed by atoms with Crippen LogP contribution in [0.4, 0.5) is 0 Å². The van der Waals surface area contributed by atoms with E-state index in [1.165, 1.54) is 6.07 Å². The molecule has 0 amide bonds. The number of aromatic nitrogens is 1. The Morgan fingerprint density at radius 2 is 1.62 bits per heavy atom. The molecule has 1 aromatic heterocycles. The number of aliphatic hydroxyl groups excluding tert-OH is 2. The predicted octanol–water partition coefficient (Wildman–Crippen LogP) is -1.47. The smallest absolute Gasteiger partial charge is 0.220 e. The molecule has 0 fully saturated rings. The molecule has 0 radical (unpaired) electrons. The molecule has 0 aliphatic rings. The lowest BCUT2D eigenvalue weighted by Crippen LogP contribution is -2.16. The van der Waals surface area contributed by atoms with Gasteiger partial charge in [-0.3, -0.25) is 0 Å². The molecule has 0 spiro atoms. The van der Waals surface area contributed by atoms with Crippen molar-refractivity contribution < 1.29 is 27.0 Å². The molecule has 0 aliphatic carbocycles. The highest BCUT2D eigenvalue weighted by Crippen LogP contribution is 2.19. The van der Waals surface area contributed by atoms with Crippen LogP contribution in [0.25, 0.3) is 0 Å². The van der Waals surface area contributed by atoms with E-state index in [2.05, 4.69) is 4.98 Å². The summed E-state index contributed by atoms with van der Waals surface area (Å²) in [4.78, 5) is 2.78. The van der Waals surface area contributed by atoms with Gasteiger partial charge in [-0.2, -0.15) is 0 Å². The summed E-state index contributed by atoms with van der Waals surface area (Å²) in [5, 5.41) is 16.5. The molecule has 0 saturated heterocycles. The number of hydrogen-bond acceptors (Lipinski definition) is 7. The number of rotatable bonds is 4.